The highest BCUT2D eigenvalue weighted by molar-refractivity contribution is 7.89. The Kier molecular flexibility index (Phi) is 3.34. The zero-order valence-corrected chi connectivity index (χ0v) is 12.2. The minimum atomic E-state index is -3.58. The minimum absolute atomic E-state index is 0.0926. The number of hydrogen-bond acceptors (Lipinski definition) is 5. The molecule has 0 N–H and O–H groups in total. The Morgan fingerprint density at radius 3 is 2.57 bits per heavy atom. The number of carbonyl (C=O) groups is 1. The molecule has 0 amide bonds. The van der Waals surface area contributed by atoms with E-state index in [1.807, 2.05) is 4.57 Å². The molecule has 0 saturated carbocycles. The van der Waals surface area contributed by atoms with E-state index in [2.05, 4.69) is 10.2 Å². The SMILES string of the molecule is CC(=O)c1ccc(S(=O)(=O)N2CCn3cnnc3C2)cc1. The number of carbonyl (C=O) groups excluding carboxylic acids is 1. The summed E-state index contributed by atoms with van der Waals surface area (Å²) in [6.07, 6.45) is 1.60. The number of hydrogen-bond donors (Lipinski definition) is 0. The van der Waals surface area contributed by atoms with E-state index in [9.17, 15) is 13.2 Å². The quantitative estimate of drug-likeness (QED) is 0.779. The summed E-state index contributed by atoms with van der Waals surface area (Å²) in [6.45, 7) is 2.56. The summed E-state index contributed by atoms with van der Waals surface area (Å²) in [4.78, 5) is 11.4. The van der Waals surface area contributed by atoms with Crippen LogP contribution in [0.1, 0.15) is 23.1 Å². The zero-order chi connectivity index (χ0) is 15.0. The van der Waals surface area contributed by atoms with Crippen molar-refractivity contribution in [1.29, 1.82) is 0 Å². The summed E-state index contributed by atoms with van der Waals surface area (Å²) in [5.74, 6) is 0.537. The fourth-order valence-electron chi connectivity index (χ4n) is 2.26. The molecule has 3 rings (SSSR count). The fourth-order valence-corrected chi connectivity index (χ4v) is 3.65. The number of Topliss-reactive ketones (excluding diaryl/α,β-unsaturated/α-hetero) is 1. The Balaban J connectivity index is 1.89. The van der Waals surface area contributed by atoms with Crippen molar-refractivity contribution in [3.63, 3.8) is 0 Å². The normalized spacial score (nSPS) is 15.7. The van der Waals surface area contributed by atoms with Crippen molar-refractivity contribution < 1.29 is 13.2 Å². The van der Waals surface area contributed by atoms with Gasteiger partial charge in [-0.05, 0) is 19.1 Å². The van der Waals surface area contributed by atoms with E-state index in [1.165, 1.54) is 35.5 Å². The Morgan fingerprint density at radius 1 is 1.19 bits per heavy atom. The van der Waals surface area contributed by atoms with Gasteiger partial charge in [-0.1, -0.05) is 12.1 Å². The van der Waals surface area contributed by atoms with Crippen LogP contribution in [0, 0.1) is 0 Å². The molecule has 1 aliphatic heterocycles. The van der Waals surface area contributed by atoms with Crippen LogP contribution in [0.2, 0.25) is 0 Å². The molecule has 0 spiro atoms. The van der Waals surface area contributed by atoms with Crippen molar-refractivity contribution in [2.45, 2.75) is 24.9 Å². The number of sulfonamides is 1. The molecular formula is C13H14N4O3S. The largest absolute Gasteiger partial charge is 0.315 e. The molecule has 110 valence electrons. The molecule has 0 unspecified atom stereocenters. The van der Waals surface area contributed by atoms with Crippen LogP contribution in [0.25, 0.3) is 0 Å². The second kappa shape index (κ2) is 5.05. The fraction of sp³-hybridized carbons (Fsp3) is 0.308. The van der Waals surface area contributed by atoms with Crippen molar-refractivity contribution in [3.05, 3.63) is 42.0 Å². The van der Waals surface area contributed by atoms with E-state index in [0.29, 0.717) is 24.5 Å². The Labute approximate surface area is 122 Å². The highest BCUT2D eigenvalue weighted by Crippen LogP contribution is 2.21. The lowest BCUT2D eigenvalue weighted by Gasteiger charge is -2.26. The number of rotatable bonds is 3. The first-order valence-corrected chi connectivity index (χ1v) is 7.90. The second-order valence-electron chi connectivity index (χ2n) is 4.86. The first-order valence-electron chi connectivity index (χ1n) is 6.46. The highest BCUT2D eigenvalue weighted by atomic mass is 32.2. The van der Waals surface area contributed by atoms with Crippen LogP contribution in [0.4, 0.5) is 0 Å². The van der Waals surface area contributed by atoms with Gasteiger partial charge in [-0.3, -0.25) is 4.79 Å². The maximum Gasteiger partial charge on any atom is 0.243 e. The third-order valence-corrected chi connectivity index (χ3v) is 5.36. The summed E-state index contributed by atoms with van der Waals surface area (Å²) in [5, 5.41) is 7.69. The predicted octanol–water partition coefficient (Wildman–Crippen LogP) is 0.685. The van der Waals surface area contributed by atoms with Gasteiger partial charge < -0.3 is 4.57 Å². The van der Waals surface area contributed by atoms with Gasteiger partial charge in [0.2, 0.25) is 10.0 Å². The molecule has 1 aromatic heterocycles. The molecule has 1 aliphatic rings. The summed E-state index contributed by atoms with van der Waals surface area (Å²) in [6, 6.07) is 5.99. The van der Waals surface area contributed by atoms with Gasteiger partial charge in [0, 0.05) is 18.7 Å². The molecule has 21 heavy (non-hydrogen) atoms. The van der Waals surface area contributed by atoms with E-state index in [-0.39, 0.29) is 17.2 Å². The number of benzene rings is 1. The van der Waals surface area contributed by atoms with Gasteiger partial charge in [0.1, 0.15) is 12.2 Å². The third-order valence-electron chi connectivity index (χ3n) is 3.50. The average molecular weight is 306 g/mol. The molecule has 8 heteroatoms. The van der Waals surface area contributed by atoms with Gasteiger partial charge in [-0.2, -0.15) is 4.31 Å². The van der Waals surface area contributed by atoms with Crippen LogP contribution in [-0.4, -0.2) is 39.8 Å². The molecule has 0 bridgehead atoms. The summed E-state index contributed by atoms with van der Waals surface area (Å²) in [5.41, 5.74) is 0.493. The van der Waals surface area contributed by atoms with E-state index in [0.717, 1.165) is 0 Å². The lowest BCUT2D eigenvalue weighted by molar-refractivity contribution is 0.101. The molecule has 0 fully saturated rings. The molecule has 0 radical (unpaired) electrons. The van der Waals surface area contributed by atoms with Crippen LogP contribution in [0.5, 0.6) is 0 Å². The monoisotopic (exact) mass is 306 g/mol. The van der Waals surface area contributed by atoms with Crippen molar-refractivity contribution in [3.8, 4) is 0 Å². The van der Waals surface area contributed by atoms with Gasteiger partial charge in [0.25, 0.3) is 0 Å². The smallest absolute Gasteiger partial charge is 0.243 e. The lowest BCUT2D eigenvalue weighted by Crippen LogP contribution is -2.38. The molecule has 2 aromatic rings. The van der Waals surface area contributed by atoms with Crippen LogP contribution in [-0.2, 0) is 23.1 Å². The first kappa shape index (κ1) is 13.9. The third kappa shape index (κ3) is 2.47. The summed E-state index contributed by atoms with van der Waals surface area (Å²) < 4.78 is 28.4. The zero-order valence-electron chi connectivity index (χ0n) is 11.4. The molecule has 0 saturated heterocycles. The predicted molar refractivity (Wildman–Crippen MR) is 74.1 cm³/mol. The summed E-state index contributed by atoms with van der Waals surface area (Å²) >= 11 is 0. The van der Waals surface area contributed by atoms with Crippen molar-refractivity contribution in [1.82, 2.24) is 19.1 Å². The Bertz CT molecular complexity index is 780. The Morgan fingerprint density at radius 2 is 1.90 bits per heavy atom. The van der Waals surface area contributed by atoms with E-state index >= 15 is 0 Å². The highest BCUT2D eigenvalue weighted by Gasteiger charge is 2.29. The lowest BCUT2D eigenvalue weighted by atomic mass is 10.2. The standard InChI is InChI=1S/C13H14N4O3S/c1-10(18)11-2-4-12(5-3-11)21(19,20)17-7-6-16-9-14-15-13(16)8-17/h2-5,9H,6-8H2,1H3. The molecular weight excluding hydrogens is 292 g/mol. The number of aromatic nitrogens is 3. The van der Waals surface area contributed by atoms with Gasteiger partial charge in [-0.15, -0.1) is 10.2 Å². The molecule has 0 atom stereocenters. The van der Waals surface area contributed by atoms with Crippen molar-refractivity contribution >= 4 is 15.8 Å². The van der Waals surface area contributed by atoms with Crippen molar-refractivity contribution in [2.24, 2.45) is 0 Å². The molecule has 1 aromatic carbocycles. The topological polar surface area (TPSA) is 85.2 Å². The van der Waals surface area contributed by atoms with Crippen LogP contribution in [0.3, 0.4) is 0 Å². The van der Waals surface area contributed by atoms with E-state index in [1.54, 1.807) is 6.33 Å². The average Bonchev–Trinajstić information content (AvgIpc) is 2.94. The van der Waals surface area contributed by atoms with Crippen LogP contribution in [0.15, 0.2) is 35.5 Å². The molecule has 7 nitrogen and oxygen atoms in total. The number of fused-ring (bicyclic) bond motifs is 1. The maximum atomic E-state index is 12.6. The van der Waals surface area contributed by atoms with Gasteiger partial charge in [-0.25, -0.2) is 8.42 Å². The van der Waals surface area contributed by atoms with Crippen LogP contribution >= 0.6 is 0 Å². The van der Waals surface area contributed by atoms with Gasteiger partial charge in [0.15, 0.2) is 5.78 Å². The number of ketones is 1. The molecule has 2 heterocycles. The minimum Gasteiger partial charge on any atom is -0.315 e. The van der Waals surface area contributed by atoms with Gasteiger partial charge >= 0.3 is 0 Å². The first-order chi connectivity index (χ1) is 9.98. The van der Waals surface area contributed by atoms with Gasteiger partial charge in [0.05, 0.1) is 11.4 Å². The molecule has 0 aliphatic carbocycles. The summed E-state index contributed by atoms with van der Waals surface area (Å²) in [7, 11) is -3.58. The van der Waals surface area contributed by atoms with E-state index in [4.69, 9.17) is 0 Å². The maximum absolute atomic E-state index is 12.6. The Hall–Kier alpha value is -2.06. The van der Waals surface area contributed by atoms with Crippen LogP contribution < -0.4 is 0 Å². The van der Waals surface area contributed by atoms with E-state index < -0.39 is 10.0 Å². The second-order valence-corrected chi connectivity index (χ2v) is 6.80. The number of nitrogens with zero attached hydrogens (tertiary/aromatic N) is 4. The van der Waals surface area contributed by atoms with Crippen molar-refractivity contribution in [2.75, 3.05) is 6.54 Å².